The first-order valence-corrected chi connectivity index (χ1v) is 10.7. The molecule has 8 nitrogen and oxygen atoms in total. The van der Waals surface area contributed by atoms with Gasteiger partial charge in [-0.05, 0) is 54.6 Å². The standard InChI is InChI=1S/C20H15F3N4O4S/c21-20(22,23)13-3-6-15(7-4-13)27-10-11-31-17-8-5-14(12-18(17)32(27,29)30)25-19(28)16-2-1-9-24-26-16/h1-9,12H,10-11H2,(H,25,28). The number of aromatic nitrogens is 2. The van der Waals surface area contributed by atoms with Crippen molar-refractivity contribution in [3.63, 3.8) is 0 Å². The largest absolute Gasteiger partial charge is 0.490 e. The van der Waals surface area contributed by atoms with E-state index in [1.807, 2.05) is 0 Å². The zero-order valence-electron chi connectivity index (χ0n) is 16.2. The van der Waals surface area contributed by atoms with Crippen LogP contribution in [0.2, 0.25) is 0 Å². The number of sulfonamides is 1. The summed E-state index contributed by atoms with van der Waals surface area (Å²) in [6, 6.07) is 10.9. The summed E-state index contributed by atoms with van der Waals surface area (Å²) in [5.41, 5.74) is -0.628. The van der Waals surface area contributed by atoms with Gasteiger partial charge in [-0.25, -0.2) is 8.42 Å². The van der Waals surface area contributed by atoms with Gasteiger partial charge in [0, 0.05) is 11.9 Å². The Labute approximate surface area is 180 Å². The number of ether oxygens (including phenoxy) is 1. The normalized spacial score (nSPS) is 15.3. The fourth-order valence-electron chi connectivity index (χ4n) is 3.09. The molecule has 2 aromatic carbocycles. The molecule has 32 heavy (non-hydrogen) atoms. The zero-order valence-corrected chi connectivity index (χ0v) is 17.0. The Morgan fingerprint density at radius 3 is 2.50 bits per heavy atom. The molecule has 0 saturated heterocycles. The fourth-order valence-corrected chi connectivity index (χ4v) is 4.70. The Balaban J connectivity index is 1.66. The Bertz CT molecular complexity index is 1250. The van der Waals surface area contributed by atoms with Crippen molar-refractivity contribution in [1.29, 1.82) is 0 Å². The summed E-state index contributed by atoms with van der Waals surface area (Å²) in [5, 5.41) is 9.84. The highest BCUT2D eigenvalue weighted by Crippen LogP contribution is 2.36. The smallest absolute Gasteiger partial charge is 0.416 e. The molecule has 1 aliphatic rings. The molecule has 0 spiro atoms. The molecule has 0 bridgehead atoms. The number of anilines is 2. The molecule has 1 aliphatic heterocycles. The van der Waals surface area contributed by atoms with Crippen LogP contribution in [-0.4, -0.2) is 37.7 Å². The van der Waals surface area contributed by atoms with Crippen LogP contribution in [0, 0.1) is 0 Å². The van der Waals surface area contributed by atoms with E-state index >= 15 is 0 Å². The van der Waals surface area contributed by atoms with Gasteiger partial charge in [0.15, 0.2) is 5.69 Å². The number of hydrogen-bond donors (Lipinski definition) is 1. The van der Waals surface area contributed by atoms with Crippen molar-refractivity contribution >= 4 is 27.3 Å². The molecule has 0 unspecified atom stereocenters. The molecule has 3 aromatic rings. The molecule has 1 N–H and O–H groups in total. The van der Waals surface area contributed by atoms with Gasteiger partial charge in [0.1, 0.15) is 17.3 Å². The molecular formula is C20H15F3N4O4S. The van der Waals surface area contributed by atoms with Crippen LogP contribution in [0.25, 0.3) is 0 Å². The van der Waals surface area contributed by atoms with Crippen LogP contribution in [0.1, 0.15) is 16.1 Å². The van der Waals surface area contributed by atoms with Crippen molar-refractivity contribution in [3.8, 4) is 5.75 Å². The lowest BCUT2D eigenvalue weighted by Gasteiger charge is -2.22. The molecule has 0 fully saturated rings. The number of rotatable bonds is 3. The highest BCUT2D eigenvalue weighted by molar-refractivity contribution is 7.93. The third-order valence-corrected chi connectivity index (χ3v) is 6.46. The van der Waals surface area contributed by atoms with Crippen LogP contribution in [0.5, 0.6) is 5.75 Å². The second kappa shape index (κ2) is 8.11. The van der Waals surface area contributed by atoms with Crippen molar-refractivity contribution in [2.45, 2.75) is 11.1 Å². The number of benzene rings is 2. The summed E-state index contributed by atoms with van der Waals surface area (Å²) in [6.45, 7) is -0.123. The van der Waals surface area contributed by atoms with Crippen LogP contribution in [0.3, 0.4) is 0 Å². The Morgan fingerprint density at radius 2 is 1.84 bits per heavy atom. The third kappa shape index (κ3) is 4.21. The van der Waals surface area contributed by atoms with Crippen molar-refractivity contribution in [2.75, 3.05) is 22.8 Å². The van der Waals surface area contributed by atoms with Crippen molar-refractivity contribution in [1.82, 2.24) is 10.2 Å². The van der Waals surface area contributed by atoms with Gasteiger partial charge in [-0.15, -0.1) is 5.10 Å². The van der Waals surface area contributed by atoms with Crippen molar-refractivity contribution in [3.05, 3.63) is 72.1 Å². The predicted molar refractivity (Wildman–Crippen MR) is 108 cm³/mol. The number of nitrogens with zero attached hydrogens (tertiary/aromatic N) is 3. The Hall–Kier alpha value is -3.67. The molecule has 1 aromatic heterocycles. The molecule has 0 atom stereocenters. The Morgan fingerprint density at radius 1 is 1.09 bits per heavy atom. The lowest BCUT2D eigenvalue weighted by atomic mass is 10.2. The number of fused-ring (bicyclic) bond motifs is 1. The molecule has 0 aliphatic carbocycles. The summed E-state index contributed by atoms with van der Waals surface area (Å²) in [7, 11) is -4.20. The first-order valence-electron chi connectivity index (χ1n) is 9.22. The highest BCUT2D eigenvalue weighted by Gasteiger charge is 2.33. The van der Waals surface area contributed by atoms with Gasteiger partial charge in [0.05, 0.1) is 17.8 Å². The molecule has 1 amide bonds. The van der Waals surface area contributed by atoms with Gasteiger partial charge < -0.3 is 10.1 Å². The van der Waals surface area contributed by atoms with Gasteiger partial charge in [-0.2, -0.15) is 18.3 Å². The second-order valence-electron chi connectivity index (χ2n) is 6.69. The van der Waals surface area contributed by atoms with Gasteiger partial charge >= 0.3 is 6.18 Å². The summed E-state index contributed by atoms with van der Waals surface area (Å²) in [4.78, 5) is 12.1. The highest BCUT2D eigenvalue weighted by atomic mass is 32.2. The summed E-state index contributed by atoms with van der Waals surface area (Å²) >= 11 is 0. The van der Waals surface area contributed by atoms with Gasteiger partial charge in [-0.1, -0.05) is 0 Å². The number of carbonyl (C=O) groups is 1. The van der Waals surface area contributed by atoms with E-state index in [0.29, 0.717) is 0 Å². The van der Waals surface area contributed by atoms with Crippen LogP contribution < -0.4 is 14.4 Å². The summed E-state index contributed by atoms with van der Waals surface area (Å²) in [5.74, 6) is -0.526. The average Bonchev–Trinajstić information content (AvgIpc) is 2.89. The first kappa shape index (κ1) is 21.6. The number of carbonyl (C=O) groups excluding carboxylic acids is 1. The van der Waals surface area contributed by atoms with E-state index < -0.39 is 27.7 Å². The van der Waals surface area contributed by atoms with Gasteiger partial charge in [0.25, 0.3) is 15.9 Å². The third-order valence-electron chi connectivity index (χ3n) is 4.61. The number of amides is 1. The van der Waals surface area contributed by atoms with Crippen LogP contribution in [-0.2, 0) is 16.2 Å². The van der Waals surface area contributed by atoms with E-state index in [2.05, 4.69) is 15.5 Å². The topological polar surface area (TPSA) is 101 Å². The molecule has 166 valence electrons. The molecule has 4 rings (SSSR count). The van der Waals surface area contributed by atoms with E-state index in [0.717, 1.165) is 28.6 Å². The molecule has 2 heterocycles. The maximum Gasteiger partial charge on any atom is 0.416 e. The number of nitrogens with one attached hydrogen (secondary N) is 1. The van der Waals surface area contributed by atoms with Crippen molar-refractivity contribution < 1.29 is 31.1 Å². The van der Waals surface area contributed by atoms with Crippen LogP contribution in [0.4, 0.5) is 24.5 Å². The fraction of sp³-hybridized carbons (Fsp3) is 0.150. The minimum absolute atomic E-state index is 0.0153. The predicted octanol–water partition coefficient (Wildman–Crippen LogP) is 3.34. The summed E-state index contributed by atoms with van der Waals surface area (Å²) in [6.07, 6.45) is -3.14. The van der Waals surface area contributed by atoms with Crippen molar-refractivity contribution in [2.24, 2.45) is 0 Å². The quantitative estimate of drug-likeness (QED) is 0.638. The summed E-state index contributed by atoms with van der Waals surface area (Å²) < 4.78 is 71.7. The van der Waals surface area contributed by atoms with Gasteiger partial charge in [-0.3, -0.25) is 9.10 Å². The maximum absolute atomic E-state index is 13.3. The molecule has 0 saturated carbocycles. The van der Waals surface area contributed by atoms with E-state index in [1.54, 1.807) is 0 Å². The molecular weight excluding hydrogens is 449 g/mol. The Kier molecular flexibility index (Phi) is 5.46. The van der Waals surface area contributed by atoms with E-state index in [1.165, 1.54) is 36.5 Å². The molecule has 0 radical (unpaired) electrons. The lowest BCUT2D eigenvalue weighted by Crippen LogP contribution is -2.32. The number of halogens is 3. The van der Waals surface area contributed by atoms with Crippen LogP contribution >= 0.6 is 0 Å². The van der Waals surface area contributed by atoms with Crippen LogP contribution in [0.15, 0.2) is 65.7 Å². The number of alkyl halides is 3. The lowest BCUT2D eigenvalue weighted by molar-refractivity contribution is -0.137. The maximum atomic E-state index is 13.3. The zero-order chi connectivity index (χ0) is 22.9. The average molecular weight is 464 g/mol. The van der Waals surface area contributed by atoms with E-state index in [9.17, 15) is 26.4 Å². The molecule has 12 heteroatoms. The first-order chi connectivity index (χ1) is 15.2. The monoisotopic (exact) mass is 464 g/mol. The SMILES string of the molecule is O=C(Nc1ccc2c(c1)S(=O)(=O)N(c1ccc(C(F)(F)F)cc1)CCO2)c1cccnn1. The second-order valence-corrected chi connectivity index (χ2v) is 8.53. The van der Waals surface area contributed by atoms with E-state index in [-0.39, 0.29) is 40.9 Å². The minimum Gasteiger partial charge on any atom is -0.490 e. The minimum atomic E-state index is -4.54. The van der Waals surface area contributed by atoms with Gasteiger partial charge in [0.2, 0.25) is 0 Å². The number of hydrogen-bond acceptors (Lipinski definition) is 6. The van der Waals surface area contributed by atoms with E-state index in [4.69, 9.17) is 4.74 Å².